The number of aromatic nitrogens is 1. The number of fused-ring (bicyclic) bond motifs is 2. The monoisotopic (exact) mass is 569 g/mol. The van der Waals surface area contributed by atoms with Crippen LogP contribution in [0.5, 0.6) is 17.2 Å². The maximum absolute atomic E-state index is 12.3. The molecule has 0 saturated heterocycles. The molecule has 1 amide bonds. The number of ether oxygens (including phenoxy) is 3. The third kappa shape index (κ3) is 5.76. The van der Waals surface area contributed by atoms with Gasteiger partial charge >= 0.3 is 0 Å². The SMILES string of the molecule is COc1cc(/C=N\NC(=O)COc2cccc3cccnc23)cc(Br)c1OCc1cccc2ccccc12. The summed E-state index contributed by atoms with van der Waals surface area (Å²) in [5.74, 6) is 1.27. The van der Waals surface area contributed by atoms with Crippen molar-refractivity contribution in [2.75, 3.05) is 13.7 Å². The van der Waals surface area contributed by atoms with Gasteiger partial charge in [-0.05, 0) is 62.1 Å². The number of hydrogen-bond donors (Lipinski definition) is 1. The van der Waals surface area contributed by atoms with Crippen molar-refractivity contribution >= 4 is 49.7 Å². The molecule has 0 bridgehead atoms. The first-order valence-corrected chi connectivity index (χ1v) is 12.7. The first-order valence-electron chi connectivity index (χ1n) is 11.9. The van der Waals surface area contributed by atoms with Gasteiger partial charge < -0.3 is 14.2 Å². The standard InChI is InChI=1S/C30H24BrN3O4/c1-36-27-16-20(15-25(31)30(27)38-18-23-10-4-8-21-7-2-3-12-24(21)23)17-33-34-28(35)19-37-26-13-5-9-22-11-6-14-32-29(22)26/h2-17H,18-19H2,1H3,(H,34,35)/b33-17-. The maximum Gasteiger partial charge on any atom is 0.277 e. The smallest absolute Gasteiger partial charge is 0.277 e. The quantitative estimate of drug-likeness (QED) is 0.167. The van der Waals surface area contributed by atoms with Gasteiger partial charge in [-0.25, -0.2) is 5.43 Å². The summed E-state index contributed by atoms with van der Waals surface area (Å²) in [5.41, 5.74) is 4.97. The van der Waals surface area contributed by atoms with Gasteiger partial charge in [0.25, 0.3) is 5.91 Å². The molecule has 5 aromatic rings. The second-order valence-corrected chi connectivity index (χ2v) is 9.23. The molecule has 0 unspecified atom stereocenters. The molecule has 0 atom stereocenters. The van der Waals surface area contributed by atoms with E-state index in [0.717, 1.165) is 21.7 Å². The minimum atomic E-state index is -0.393. The zero-order valence-electron chi connectivity index (χ0n) is 20.6. The van der Waals surface area contributed by atoms with E-state index in [1.807, 2.05) is 54.6 Å². The molecule has 4 aromatic carbocycles. The number of pyridine rings is 1. The highest BCUT2D eigenvalue weighted by molar-refractivity contribution is 9.10. The highest BCUT2D eigenvalue weighted by atomic mass is 79.9. The third-order valence-electron chi connectivity index (χ3n) is 5.86. The lowest BCUT2D eigenvalue weighted by Crippen LogP contribution is -2.24. The summed E-state index contributed by atoms with van der Waals surface area (Å²) in [6, 6.07) is 27.3. The fraction of sp³-hybridized carbons (Fsp3) is 0.100. The highest BCUT2D eigenvalue weighted by Gasteiger charge is 2.13. The van der Waals surface area contributed by atoms with Crippen molar-refractivity contribution in [1.29, 1.82) is 0 Å². The van der Waals surface area contributed by atoms with E-state index in [1.165, 1.54) is 6.21 Å². The molecular formula is C30H24BrN3O4. The number of amides is 1. The zero-order chi connectivity index (χ0) is 26.3. The number of benzene rings is 4. The molecule has 8 heteroatoms. The number of methoxy groups -OCH3 is 1. The molecule has 0 aliphatic carbocycles. The van der Waals surface area contributed by atoms with Crippen LogP contribution >= 0.6 is 15.9 Å². The van der Waals surface area contributed by atoms with Gasteiger partial charge in [-0.1, -0.05) is 60.7 Å². The molecule has 38 heavy (non-hydrogen) atoms. The number of hydrazone groups is 1. The molecule has 0 radical (unpaired) electrons. The number of hydrogen-bond acceptors (Lipinski definition) is 6. The minimum absolute atomic E-state index is 0.193. The third-order valence-corrected chi connectivity index (χ3v) is 6.45. The molecule has 1 N–H and O–H groups in total. The van der Waals surface area contributed by atoms with Crippen LogP contribution in [0.25, 0.3) is 21.7 Å². The summed E-state index contributed by atoms with van der Waals surface area (Å²) in [6.45, 7) is 0.188. The number of halogens is 1. The van der Waals surface area contributed by atoms with Crippen LogP contribution in [0, 0.1) is 0 Å². The molecule has 190 valence electrons. The Morgan fingerprint density at radius 1 is 0.947 bits per heavy atom. The number of carbonyl (C=O) groups is 1. The van der Waals surface area contributed by atoms with Gasteiger partial charge in [0.2, 0.25) is 0 Å². The first kappa shape index (κ1) is 25.2. The normalized spacial score (nSPS) is 11.1. The fourth-order valence-electron chi connectivity index (χ4n) is 4.07. The molecule has 0 spiro atoms. The van der Waals surface area contributed by atoms with Crippen molar-refractivity contribution in [2.24, 2.45) is 5.10 Å². The Balaban J connectivity index is 1.21. The Morgan fingerprint density at radius 3 is 2.63 bits per heavy atom. The van der Waals surface area contributed by atoms with Crippen molar-refractivity contribution in [3.8, 4) is 17.2 Å². The Kier molecular flexibility index (Phi) is 7.80. The van der Waals surface area contributed by atoms with Gasteiger partial charge in [-0.2, -0.15) is 5.10 Å². The van der Waals surface area contributed by atoms with E-state index >= 15 is 0 Å². The summed E-state index contributed by atoms with van der Waals surface area (Å²) >= 11 is 3.57. The van der Waals surface area contributed by atoms with Crippen molar-refractivity contribution in [1.82, 2.24) is 10.4 Å². The fourth-order valence-corrected chi connectivity index (χ4v) is 4.64. The van der Waals surface area contributed by atoms with E-state index in [4.69, 9.17) is 14.2 Å². The van der Waals surface area contributed by atoms with Crippen LogP contribution < -0.4 is 19.6 Å². The highest BCUT2D eigenvalue weighted by Crippen LogP contribution is 2.37. The van der Waals surface area contributed by atoms with Crippen LogP contribution in [0.15, 0.2) is 101 Å². The second kappa shape index (κ2) is 11.7. The molecule has 5 rings (SSSR count). The Labute approximate surface area is 228 Å². The molecule has 0 saturated carbocycles. The second-order valence-electron chi connectivity index (χ2n) is 8.37. The van der Waals surface area contributed by atoms with Gasteiger partial charge in [0.05, 0.1) is 17.8 Å². The lowest BCUT2D eigenvalue weighted by Gasteiger charge is -2.14. The van der Waals surface area contributed by atoms with Gasteiger partial charge in [0, 0.05) is 11.6 Å². The first-order chi connectivity index (χ1) is 18.6. The van der Waals surface area contributed by atoms with Gasteiger partial charge in [0.1, 0.15) is 17.9 Å². The predicted molar refractivity (Wildman–Crippen MR) is 152 cm³/mol. The zero-order valence-corrected chi connectivity index (χ0v) is 22.1. The average molecular weight is 570 g/mol. The largest absolute Gasteiger partial charge is 0.493 e. The van der Waals surface area contributed by atoms with Crippen LogP contribution in [-0.2, 0) is 11.4 Å². The van der Waals surface area contributed by atoms with Crippen molar-refractivity contribution in [2.45, 2.75) is 6.61 Å². The topological polar surface area (TPSA) is 82.0 Å². The Morgan fingerprint density at radius 2 is 1.74 bits per heavy atom. The van der Waals surface area contributed by atoms with Gasteiger partial charge in [-0.15, -0.1) is 0 Å². The molecule has 0 fully saturated rings. The van der Waals surface area contributed by atoms with E-state index in [1.54, 1.807) is 25.4 Å². The number of carbonyl (C=O) groups excluding carboxylic acids is 1. The van der Waals surface area contributed by atoms with Crippen LogP contribution in [0.4, 0.5) is 0 Å². The number of nitrogens with one attached hydrogen (secondary N) is 1. The summed E-state index contributed by atoms with van der Waals surface area (Å²) in [7, 11) is 1.58. The van der Waals surface area contributed by atoms with Gasteiger partial charge in [-0.3, -0.25) is 9.78 Å². The molecule has 1 heterocycles. The van der Waals surface area contributed by atoms with E-state index < -0.39 is 5.91 Å². The summed E-state index contributed by atoms with van der Waals surface area (Å²) in [5, 5.41) is 7.29. The van der Waals surface area contributed by atoms with Crippen molar-refractivity contribution in [3.05, 3.63) is 107 Å². The molecule has 7 nitrogen and oxygen atoms in total. The summed E-state index contributed by atoms with van der Waals surface area (Å²) < 4.78 is 18.1. The molecule has 0 aliphatic rings. The predicted octanol–water partition coefficient (Wildman–Crippen LogP) is 6.27. The van der Waals surface area contributed by atoms with E-state index in [-0.39, 0.29) is 6.61 Å². The van der Waals surface area contributed by atoms with E-state index in [2.05, 4.69) is 49.6 Å². The molecule has 1 aromatic heterocycles. The van der Waals surface area contributed by atoms with E-state index in [9.17, 15) is 4.79 Å². The van der Waals surface area contributed by atoms with Crippen LogP contribution in [0.3, 0.4) is 0 Å². The van der Waals surface area contributed by atoms with Crippen molar-refractivity contribution < 1.29 is 19.0 Å². The van der Waals surface area contributed by atoms with Crippen LogP contribution in [0.2, 0.25) is 0 Å². The maximum atomic E-state index is 12.3. The molecular weight excluding hydrogens is 546 g/mol. The molecule has 0 aliphatic heterocycles. The summed E-state index contributed by atoms with van der Waals surface area (Å²) in [4.78, 5) is 16.6. The number of para-hydroxylation sites is 1. The lowest BCUT2D eigenvalue weighted by atomic mass is 10.1. The lowest BCUT2D eigenvalue weighted by molar-refractivity contribution is -0.123. The average Bonchev–Trinajstić information content (AvgIpc) is 2.95. The Hall–Kier alpha value is -4.43. The summed E-state index contributed by atoms with van der Waals surface area (Å²) in [6.07, 6.45) is 3.21. The van der Waals surface area contributed by atoms with Crippen molar-refractivity contribution in [3.63, 3.8) is 0 Å². The van der Waals surface area contributed by atoms with Gasteiger partial charge in [0.15, 0.2) is 18.1 Å². The number of nitrogens with zero attached hydrogens (tertiary/aromatic N) is 2. The van der Waals surface area contributed by atoms with E-state index in [0.29, 0.717) is 39.4 Å². The van der Waals surface area contributed by atoms with Crippen LogP contribution in [0.1, 0.15) is 11.1 Å². The minimum Gasteiger partial charge on any atom is -0.493 e. The number of rotatable bonds is 9. The Bertz CT molecular complexity index is 1630. The van der Waals surface area contributed by atoms with Crippen LogP contribution in [-0.4, -0.2) is 30.8 Å².